The molecule has 1 aromatic carbocycles. The van der Waals surface area contributed by atoms with Crippen molar-refractivity contribution in [2.75, 3.05) is 13.6 Å². The maximum absolute atomic E-state index is 11.9. The smallest absolute Gasteiger partial charge is 0.240 e. The summed E-state index contributed by atoms with van der Waals surface area (Å²) in [5.41, 5.74) is 8.41. The largest absolute Gasteiger partial charge is 0.368 e. The highest BCUT2D eigenvalue weighted by Crippen LogP contribution is 2.38. The number of carbonyl (C=O) groups excluding carboxylic acids is 3. The summed E-state index contributed by atoms with van der Waals surface area (Å²) < 4.78 is 0. The van der Waals surface area contributed by atoms with Gasteiger partial charge in [0.2, 0.25) is 18.2 Å². The third-order valence-electron chi connectivity index (χ3n) is 5.32. The summed E-state index contributed by atoms with van der Waals surface area (Å²) in [5.74, 6) is -0.555. The van der Waals surface area contributed by atoms with E-state index in [-0.39, 0.29) is 24.5 Å². The van der Waals surface area contributed by atoms with Gasteiger partial charge in [-0.3, -0.25) is 14.4 Å². The molecule has 3 rings (SSSR count). The van der Waals surface area contributed by atoms with E-state index in [1.807, 2.05) is 31.2 Å². The summed E-state index contributed by atoms with van der Waals surface area (Å²) in [6.45, 7) is 2.21. The van der Waals surface area contributed by atoms with Gasteiger partial charge in [-0.15, -0.1) is 0 Å². The van der Waals surface area contributed by atoms with Gasteiger partial charge in [-0.05, 0) is 44.9 Å². The molecule has 3 amide bonds. The maximum atomic E-state index is 11.9. The molecule has 8 heteroatoms. The number of aromatic nitrogens is 1. The average molecular weight is 385 g/mol. The molecular formula is C20H27N5O3. The second-order valence-electron chi connectivity index (χ2n) is 7.33. The Labute approximate surface area is 163 Å². The van der Waals surface area contributed by atoms with Gasteiger partial charge < -0.3 is 26.3 Å². The number of para-hydroxylation sites is 1. The predicted molar refractivity (Wildman–Crippen MR) is 106 cm³/mol. The molecule has 0 aliphatic carbocycles. The van der Waals surface area contributed by atoms with Gasteiger partial charge in [0, 0.05) is 22.6 Å². The number of nitrogens with zero attached hydrogens (tertiary/aromatic N) is 1. The number of benzene rings is 1. The van der Waals surface area contributed by atoms with Crippen LogP contribution in [0.25, 0.3) is 10.9 Å². The first-order chi connectivity index (χ1) is 13.5. The van der Waals surface area contributed by atoms with E-state index in [4.69, 9.17) is 5.73 Å². The highest BCUT2D eigenvalue weighted by Gasteiger charge is 2.38. The molecule has 1 saturated heterocycles. The van der Waals surface area contributed by atoms with Crippen molar-refractivity contribution in [1.82, 2.24) is 20.5 Å². The monoisotopic (exact) mass is 385 g/mol. The number of carbonyl (C=O) groups is 3. The van der Waals surface area contributed by atoms with Crippen LogP contribution in [-0.2, 0) is 20.8 Å². The fourth-order valence-corrected chi connectivity index (χ4v) is 4.13. The van der Waals surface area contributed by atoms with Gasteiger partial charge >= 0.3 is 0 Å². The summed E-state index contributed by atoms with van der Waals surface area (Å²) in [6, 6.07) is 7.01. The summed E-state index contributed by atoms with van der Waals surface area (Å²) in [7, 11) is 1.73. The quantitative estimate of drug-likeness (QED) is 0.497. The average Bonchev–Trinajstić information content (AvgIpc) is 3.23. The molecule has 1 aromatic heterocycles. The Morgan fingerprint density at radius 1 is 1.36 bits per heavy atom. The SMILES string of the molecule is CNCC(=O)NC(C)Cc1c(C2CCC(C(N)=O)N2C=O)[nH]c2ccccc12. The summed E-state index contributed by atoms with van der Waals surface area (Å²) in [5, 5.41) is 6.88. The number of likely N-dealkylation sites (N-methyl/N-ethyl adjacent to an activating group) is 1. The van der Waals surface area contributed by atoms with Crippen molar-refractivity contribution >= 4 is 29.1 Å². The van der Waals surface area contributed by atoms with Crippen LogP contribution >= 0.6 is 0 Å². The van der Waals surface area contributed by atoms with E-state index in [0.717, 1.165) is 22.2 Å². The summed E-state index contributed by atoms with van der Waals surface area (Å²) in [6.07, 6.45) is 2.52. The van der Waals surface area contributed by atoms with Crippen LogP contribution in [0.5, 0.6) is 0 Å². The van der Waals surface area contributed by atoms with Crippen LogP contribution in [0.1, 0.15) is 37.1 Å². The summed E-state index contributed by atoms with van der Waals surface area (Å²) >= 11 is 0. The first-order valence-corrected chi connectivity index (χ1v) is 9.51. The lowest BCUT2D eigenvalue weighted by molar-refractivity contribution is -0.130. The molecule has 150 valence electrons. The number of primary amides is 1. The normalized spacial score (nSPS) is 20.3. The van der Waals surface area contributed by atoms with Crippen LogP contribution in [-0.4, -0.2) is 53.8 Å². The van der Waals surface area contributed by atoms with Crippen molar-refractivity contribution in [3.05, 3.63) is 35.5 Å². The Kier molecular flexibility index (Phi) is 5.99. The number of nitrogens with two attached hydrogens (primary N) is 1. The van der Waals surface area contributed by atoms with Crippen molar-refractivity contribution in [3.8, 4) is 0 Å². The van der Waals surface area contributed by atoms with E-state index in [9.17, 15) is 14.4 Å². The molecule has 1 aliphatic heterocycles. The number of likely N-dealkylation sites (tertiary alicyclic amines) is 1. The topological polar surface area (TPSA) is 120 Å². The number of amides is 3. The molecule has 5 N–H and O–H groups in total. The lowest BCUT2D eigenvalue weighted by Crippen LogP contribution is -2.41. The van der Waals surface area contributed by atoms with E-state index in [1.54, 1.807) is 7.05 Å². The number of hydrogen-bond donors (Lipinski definition) is 4. The van der Waals surface area contributed by atoms with Gasteiger partial charge in [0.25, 0.3) is 0 Å². The van der Waals surface area contributed by atoms with Crippen molar-refractivity contribution in [1.29, 1.82) is 0 Å². The molecular weight excluding hydrogens is 358 g/mol. The zero-order valence-electron chi connectivity index (χ0n) is 16.2. The molecule has 0 bridgehead atoms. The Balaban J connectivity index is 1.94. The van der Waals surface area contributed by atoms with Crippen molar-refractivity contribution < 1.29 is 14.4 Å². The van der Waals surface area contributed by atoms with Crippen molar-refractivity contribution in [2.45, 2.75) is 44.3 Å². The van der Waals surface area contributed by atoms with Gasteiger partial charge in [0.05, 0.1) is 12.6 Å². The van der Waals surface area contributed by atoms with E-state index < -0.39 is 11.9 Å². The zero-order valence-corrected chi connectivity index (χ0v) is 16.2. The van der Waals surface area contributed by atoms with Crippen molar-refractivity contribution in [3.63, 3.8) is 0 Å². The lowest BCUT2D eigenvalue weighted by Gasteiger charge is -2.25. The Morgan fingerprint density at radius 2 is 2.11 bits per heavy atom. The predicted octanol–water partition coefficient (Wildman–Crippen LogP) is 0.582. The van der Waals surface area contributed by atoms with E-state index >= 15 is 0 Å². The third kappa shape index (κ3) is 3.87. The molecule has 8 nitrogen and oxygen atoms in total. The number of H-pyrrole nitrogens is 1. The van der Waals surface area contributed by atoms with Gasteiger partial charge in [0.15, 0.2) is 0 Å². The highest BCUT2D eigenvalue weighted by molar-refractivity contribution is 5.86. The fourth-order valence-electron chi connectivity index (χ4n) is 4.13. The summed E-state index contributed by atoms with van der Waals surface area (Å²) in [4.78, 5) is 40.3. The van der Waals surface area contributed by atoms with E-state index in [0.29, 0.717) is 25.7 Å². The van der Waals surface area contributed by atoms with Crippen LogP contribution in [0.2, 0.25) is 0 Å². The molecule has 2 aromatic rings. The van der Waals surface area contributed by atoms with Crippen molar-refractivity contribution in [2.24, 2.45) is 5.73 Å². The molecule has 0 saturated carbocycles. The highest BCUT2D eigenvalue weighted by atomic mass is 16.2. The molecule has 28 heavy (non-hydrogen) atoms. The minimum atomic E-state index is -0.588. The third-order valence-corrected chi connectivity index (χ3v) is 5.32. The van der Waals surface area contributed by atoms with Gasteiger partial charge in [-0.25, -0.2) is 0 Å². The Hall–Kier alpha value is -2.87. The Bertz CT molecular complexity index is 878. The van der Waals surface area contributed by atoms with Crippen LogP contribution in [0.15, 0.2) is 24.3 Å². The van der Waals surface area contributed by atoms with Crippen LogP contribution in [0, 0.1) is 0 Å². The second-order valence-corrected chi connectivity index (χ2v) is 7.33. The van der Waals surface area contributed by atoms with Crippen LogP contribution in [0.4, 0.5) is 0 Å². The second kappa shape index (κ2) is 8.43. The molecule has 0 spiro atoms. The molecule has 1 aliphatic rings. The maximum Gasteiger partial charge on any atom is 0.240 e. The molecule has 2 heterocycles. The zero-order chi connectivity index (χ0) is 20.3. The minimum absolute atomic E-state index is 0.0689. The van der Waals surface area contributed by atoms with E-state index in [1.165, 1.54) is 4.90 Å². The van der Waals surface area contributed by atoms with Gasteiger partial charge in [-0.2, -0.15) is 0 Å². The van der Waals surface area contributed by atoms with E-state index in [2.05, 4.69) is 15.6 Å². The molecule has 1 fully saturated rings. The first-order valence-electron chi connectivity index (χ1n) is 9.51. The number of fused-ring (bicyclic) bond motifs is 1. The van der Waals surface area contributed by atoms with Crippen LogP contribution < -0.4 is 16.4 Å². The molecule has 0 radical (unpaired) electrons. The lowest BCUT2D eigenvalue weighted by atomic mass is 9.98. The number of rotatable bonds is 8. The standard InChI is InChI=1S/C20H27N5O3/c1-12(23-18(27)10-22-2)9-14-13-5-3-4-6-15(13)24-19(14)16-7-8-17(20(21)28)25(16)11-26/h3-6,11-12,16-17,22,24H,7-10H2,1-2H3,(H2,21,28)(H,23,27). The number of hydrogen-bond acceptors (Lipinski definition) is 4. The molecule has 3 unspecified atom stereocenters. The van der Waals surface area contributed by atoms with Gasteiger partial charge in [0.1, 0.15) is 6.04 Å². The minimum Gasteiger partial charge on any atom is -0.368 e. The van der Waals surface area contributed by atoms with Gasteiger partial charge in [-0.1, -0.05) is 18.2 Å². The van der Waals surface area contributed by atoms with Crippen LogP contribution in [0.3, 0.4) is 0 Å². The molecule has 3 atom stereocenters. The number of nitrogens with one attached hydrogen (secondary N) is 3. The fraction of sp³-hybridized carbons (Fsp3) is 0.450. The first kappa shape index (κ1) is 19.9. The Morgan fingerprint density at radius 3 is 2.79 bits per heavy atom. The number of aromatic amines is 1.